The monoisotopic (exact) mass is 219 g/mol. The molecule has 1 aliphatic rings. The molecule has 0 radical (unpaired) electrons. The van der Waals surface area contributed by atoms with Gasteiger partial charge in [0, 0.05) is 12.5 Å². The number of hydrogen-bond acceptors (Lipinski definition) is 3. The lowest BCUT2D eigenvalue weighted by atomic mass is 10.1. The van der Waals surface area contributed by atoms with Gasteiger partial charge in [0.25, 0.3) is 0 Å². The van der Waals surface area contributed by atoms with Crippen molar-refractivity contribution in [3.05, 3.63) is 23.8 Å². The summed E-state index contributed by atoms with van der Waals surface area (Å²) in [7, 11) is 1.55. The number of nitrogens with zero attached hydrogens (tertiary/aromatic N) is 1. The molecule has 1 unspecified atom stereocenters. The van der Waals surface area contributed by atoms with Gasteiger partial charge in [-0.25, -0.2) is 0 Å². The SMILES string of the molecule is COc1ccc2c(c1)C(=O)C(C)N2C(C)=O. The van der Waals surface area contributed by atoms with E-state index in [-0.39, 0.29) is 11.7 Å². The van der Waals surface area contributed by atoms with Gasteiger partial charge in [-0.1, -0.05) is 0 Å². The van der Waals surface area contributed by atoms with Crippen molar-refractivity contribution < 1.29 is 14.3 Å². The van der Waals surface area contributed by atoms with E-state index in [0.717, 1.165) is 0 Å². The van der Waals surface area contributed by atoms with Crippen LogP contribution in [-0.2, 0) is 4.79 Å². The van der Waals surface area contributed by atoms with E-state index in [0.29, 0.717) is 17.0 Å². The number of amides is 1. The average molecular weight is 219 g/mol. The molecule has 4 heteroatoms. The number of Topliss-reactive ketones (excluding diaryl/α,β-unsaturated/α-hetero) is 1. The standard InChI is InChI=1S/C12H13NO3/c1-7-12(15)10-6-9(16-3)4-5-11(10)13(7)8(2)14/h4-7H,1-3H3. The third-order valence-corrected chi connectivity index (χ3v) is 2.83. The van der Waals surface area contributed by atoms with Gasteiger partial charge in [0.05, 0.1) is 18.8 Å². The first-order valence-electron chi connectivity index (χ1n) is 5.08. The lowest BCUT2D eigenvalue weighted by molar-refractivity contribution is -0.116. The van der Waals surface area contributed by atoms with Crippen LogP contribution >= 0.6 is 0 Å². The van der Waals surface area contributed by atoms with Gasteiger partial charge in [-0.3, -0.25) is 9.59 Å². The summed E-state index contributed by atoms with van der Waals surface area (Å²) in [4.78, 5) is 24.9. The van der Waals surface area contributed by atoms with Crippen molar-refractivity contribution in [2.24, 2.45) is 0 Å². The maximum absolute atomic E-state index is 11.9. The molecule has 2 rings (SSSR count). The van der Waals surface area contributed by atoms with Crippen molar-refractivity contribution in [1.82, 2.24) is 0 Å². The molecule has 84 valence electrons. The second-order valence-electron chi connectivity index (χ2n) is 3.81. The van der Waals surface area contributed by atoms with Gasteiger partial charge in [-0.2, -0.15) is 0 Å². The Hall–Kier alpha value is -1.84. The summed E-state index contributed by atoms with van der Waals surface area (Å²) < 4.78 is 5.06. The smallest absolute Gasteiger partial charge is 0.224 e. The summed E-state index contributed by atoms with van der Waals surface area (Å²) in [5.41, 5.74) is 1.23. The summed E-state index contributed by atoms with van der Waals surface area (Å²) in [6.45, 7) is 3.19. The topological polar surface area (TPSA) is 46.6 Å². The van der Waals surface area contributed by atoms with Gasteiger partial charge in [0.1, 0.15) is 5.75 Å². The Bertz CT molecular complexity index is 467. The van der Waals surface area contributed by atoms with Gasteiger partial charge < -0.3 is 9.64 Å². The van der Waals surface area contributed by atoms with Gasteiger partial charge in [-0.15, -0.1) is 0 Å². The first-order chi connectivity index (χ1) is 7.56. The normalized spacial score (nSPS) is 18.6. The van der Waals surface area contributed by atoms with Crippen LogP contribution in [0.3, 0.4) is 0 Å². The summed E-state index contributed by atoms with van der Waals surface area (Å²) in [6, 6.07) is 4.76. The highest BCUT2D eigenvalue weighted by atomic mass is 16.5. The van der Waals surface area contributed by atoms with Crippen LogP contribution in [0, 0.1) is 0 Å². The molecule has 1 aliphatic heterocycles. The Morgan fingerprint density at radius 3 is 2.69 bits per heavy atom. The minimum atomic E-state index is -0.417. The van der Waals surface area contributed by atoms with E-state index in [9.17, 15) is 9.59 Å². The number of fused-ring (bicyclic) bond motifs is 1. The molecule has 0 spiro atoms. The van der Waals surface area contributed by atoms with Gasteiger partial charge in [0.2, 0.25) is 5.91 Å². The minimum absolute atomic E-state index is 0.0379. The van der Waals surface area contributed by atoms with E-state index in [2.05, 4.69) is 0 Å². The van der Waals surface area contributed by atoms with Gasteiger partial charge in [-0.05, 0) is 25.1 Å². The molecule has 0 saturated heterocycles. The molecule has 0 fully saturated rings. The fourth-order valence-corrected chi connectivity index (χ4v) is 2.04. The molecule has 4 nitrogen and oxygen atoms in total. The largest absolute Gasteiger partial charge is 0.497 e. The Morgan fingerprint density at radius 2 is 2.12 bits per heavy atom. The molecule has 1 heterocycles. The van der Waals surface area contributed by atoms with Crippen LogP contribution in [0.4, 0.5) is 5.69 Å². The molecule has 0 N–H and O–H groups in total. The fraction of sp³-hybridized carbons (Fsp3) is 0.333. The van der Waals surface area contributed by atoms with Crippen LogP contribution in [0.5, 0.6) is 5.75 Å². The van der Waals surface area contributed by atoms with Crippen LogP contribution in [0.2, 0.25) is 0 Å². The first-order valence-corrected chi connectivity index (χ1v) is 5.08. The molecule has 1 aromatic rings. The molecule has 0 aromatic heterocycles. The van der Waals surface area contributed by atoms with E-state index < -0.39 is 6.04 Å². The average Bonchev–Trinajstić information content (AvgIpc) is 2.51. The van der Waals surface area contributed by atoms with Gasteiger partial charge in [0.15, 0.2) is 5.78 Å². The molecule has 1 atom stereocenters. The number of benzene rings is 1. The highest BCUT2D eigenvalue weighted by Crippen LogP contribution is 2.34. The predicted molar refractivity (Wildman–Crippen MR) is 59.9 cm³/mol. The van der Waals surface area contributed by atoms with E-state index >= 15 is 0 Å². The van der Waals surface area contributed by atoms with Crippen molar-refractivity contribution in [3.8, 4) is 5.75 Å². The number of methoxy groups -OCH3 is 1. The predicted octanol–water partition coefficient (Wildman–Crippen LogP) is 1.63. The zero-order chi connectivity index (χ0) is 11.9. The van der Waals surface area contributed by atoms with E-state index in [1.165, 1.54) is 11.8 Å². The number of anilines is 1. The van der Waals surface area contributed by atoms with Crippen molar-refractivity contribution in [2.75, 3.05) is 12.0 Å². The quantitative estimate of drug-likeness (QED) is 0.721. The third-order valence-electron chi connectivity index (χ3n) is 2.83. The molecule has 0 saturated carbocycles. The summed E-state index contributed by atoms with van der Waals surface area (Å²) in [6.07, 6.45) is 0. The van der Waals surface area contributed by atoms with Crippen molar-refractivity contribution in [3.63, 3.8) is 0 Å². The second-order valence-corrected chi connectivity index (χ2v) is 3.81. The van der Waals surface area contributed by atoms with Crippen LogP contribution in [-0.4, -0.2) is 24.8 Å². The van der Waals surface area contributed by atoms with Crippen LogP contribution < -0.4 is 9.64 Å². The summed E-state index contributed by atoms with van der Waals surface area (Å²) >= 11 is 0. The molecule has 1 amide bonds. The molecular formula is C12H13NO3. The second kappa shape index (κ2) is 3.63. The maximum atomic E-state index is 11.9. The molecule has 1 aromatic carbocycles. The Kier molecular flexibility index (Phi) is 2.42. The van der Waals surface area contributed by atoms with Crippen molar-refractivity contribution in [1.29, 1.82) is 0 Å². The zero-order valence-corrected chi connectivity index (χ0v) is 9.48. The van der Waals surface area contributed by atoms with Crippen LogP contribution in [0.15, 0.2) is 18.2 Å². The van der Waals surface area contributed by atoms with E-state index in [1.807, 2.05) is 0 Å². The third kappa shape index (κ3) is 1.38. The zero-order valence-electron chi connectivity index (χ0n) is 9.48. The fourth-order valence-electron chi connectivity index (χ4n) is 2.04. The van der Waals surface area contributed by atoms with E-state index in [4.69, 9.17) is 4.74 Å². The highest BCUT2D eigenvalue weighted by Gasteiger charge is 2.36. The molecular weight excluding hydrogens is 206 g/mol. The lowest BCUT2D eigenvalue weighted by Crippen LogP contribution is -2.36. The Labute approximate surface area is 93.8 Å². The summed E-state index contributed by atoms with van der Waals surface area (Å²) in [5, 5.41) is 0. The Morgan fingerprint density at radius 1 is 1.44 bits per heavy atom. The lowest BCUT2D eigenvalue weighted by Gasteiger charge is -2.19. The van der Waals surface area contributed by atoms with Crippen molar-refractivity contribution in [2.45, 2.75) is 19.9 Å². The maximum Gasteiger partial charge on any atom is 0.224 e. The number of rotatable bonds is 1. The highest BCUT2D eigenvalue weighted by molar-refractivity contribution is 6.17. The Balaban J connectivity index is 2.55. The number of hydrogen-bond donors (Lipinski definition) is 0. The molecule has 0 bridgehead atoms. The minimum Gasteiger partial charge on any atom is -0.497 e. The number of ketones is 1. The first kappa shape index (κ1) is 10.7. The number of ether oxygens (including phenoxy) is 1. The van der Waals surface area contributed by atoms with Crippen LogP contribution in [0.25, 0.3) is 0 Å². The number of carbonyl (C=O) groups is 2. The molecule has 0 aliphatic carbocycles. The number of carbonyl (C=O) groups excluding carboxylic acids is 2. The summed E-state index contributed by atoms with van der Waals surface area (Å²) in [5.74, 6) is 0.471. The van der Waals surface area contributed by atoms with E-state index in [1.54, 1.807) is 32.2 Å². The van der Waals surface area contributed by atoms with Gasteiger partial charge >= 0.3 is 0 Å². The molecule has 16 heavy (non-hydrogen) atoms. The van der Waals surface area contributed by atoms with Crippen molar-refractivity contribution >= 4 is 17.4 Å². The van der Waals surface area contributed by atoms with Crippen LogP contribution in [0.1, 0.15) is 24.2 Å².